The molecule has 2 heterocycles. The molecular formula is C19H26N4O2. The van der Waals surface area contributed by atoms with Crippen LogP contribution in [0, 0.1) is 6.92 Å². The van der Waals surface area contributed by atoms with Gasteiger partial charge in [0.25, 0.3) is 0 Å². The zero-order chi connectivity index (χ0) is 18.2. The van der Waals surface area contributed by atoms with E-state index in [0.29, 0.717) is 6.54 Å². The lowest BCUT2D eigenvalue weighted by Gasteiger charge is -2.29. The van der Waals surface area contributed by atoms with Crippen LogP contribution in [-0.2, 0) is 4.74 Å². The molecule has 25 heavy (non-hydrogen) atoms. The zero-order valence-corrected chi connectivity index (χ0v) is 15.3. The number of amides is 1. The van der Waals surface area contributed by atoms with Crippen LogP contribution in [0.4, 0.5) is 4.79 Å². The second-order valence-electron chi connectivity index (χ2n) is 7.57. The number of aryl methyl sites for hydroxylation is 1. The third kappa shape index (κ3) is 3.69. The molecule has 2 unspecified atom stereocenters. The Kier molecular flexibility index (Phi) is 4.56. The van der Waals surface area contributed by atoms with E-state index in [1.807, 2.05) is 43.7 Å². The van der Waals surface area contributed by atoms with Gasteiger partial charge in [0, 0.05) is 30.7 Å². The molecule has 1 fully saturated rings. The molecule has 2 atom stereocenters. The van der Waals surface area contributed by atoms with Gasteiger partial charge >= 0.3 is 6.09 Å². The minimum absolute atomic E-state index is 0.168. The van der Waals surface area contributed by atoms with E-state index in [2.05, 4.69) is 24.0 Å². The van der Waals surface area contributed by atoms with Crippen molar-refractivity contribution in [3.05, 3.63) is 48.0 Å². The summed E-state index contributed by atoms with van der Waals surface area (Å²) in [6, 6.07) is 7.70. The first-order valence-corrected chi connectivity index (χ1v) is 8.62. The van der Waals surface area contributed by atoms with Crippen LogP contribution in [0.5, 0.6) is 0 Å². The largest absolute Gasteiger partial charge is 0.444 e. The number of benzene rings is 1. The number of imidazole rings is 1. The number of carbonyl (C=O) groups excluding carboxylic acids is 1. The van der Waals surface area contributed by atoms with Crippen LogP contribution in [0.15, 0.2) is 36.7 Å². The van der Waals surface area contributed by atoms with Gasteiger partial charge in [-0.05, 0) is 51.8 Å². The Morgan fingerprint density at radius 1 is 1.36 bits per heavy atom. The Balaban J connectivity index is 1.94. The van der Waals surface area contributed by atoms with Crippen LogP contribution < -0.4 is 5.73 Å². The van der Waals surface area contributed by atoms with Crippen molar-refractivity contribution < 1.29 is 9.53 Å². The van der Waals surface area contributed by atoms with Gasteiger partial charge in [0.2, 0.25) is 0 Å². The lowest BCUT2D eigenvalue weighted by Crippen LogP contribution is -2.40. The number of carbonyl (C=O) groups is 1. The number of likely N-dealkylation sites (tertiary alicyclic amines) is 1. The molecule has 6 nitrogen and oxygen atoms in total. The maximum atomic E-state index is 12.6. The number of hydrogen-bond acceptors (Lipinski definition) is 4. The highest BCUT2D eigenvalue weighted by Gasteiger charge is 2.40. The molecule has 1 aromatic carbocycles. The van der Waals surface area contributed by atoms with Crippen molar-refractivity contribution in [1.82, 2.24) is 14.5 Å². The Hall–Kier alpha value is -2.34. The van der Waals surface area contributed by atoms with Crippen LogP contribution in [0.2, 0.25) is 0 Å². The average molecular weight is 342 g/mol. The number of nitrogens with two attached hydrogens (primary N) is 1. The molecule has 0 radical (unpaired) electrons. The molecule has 134 valence electrons. The lowest BCUT2D eigenvalue weighted by molar-refractivity contribution is 0.0210. The van der Waals surface area contributed by atoms with Gasteiger partial charge < -0.3 is 15.0 Å². The first kappa shape index (κ1) is 17.5. The van der Waals surface area contributed by atoms with Crippen molar-refractivity contribution in [3.8, 4) is 5.69 Å². The topological polar surface area (TPSA) is 73.4 Å². The monoisotopic (exact) mass is 342 g/mol. The Bertz CT molecular complexity index is 763. The fourth-order valence-electron chi connectivity index (χ4n) is 3.20. The van der Waals surface area contributed by atoms with E-state index in [1.54, 1.807) is 11.1 Å². The molecule has 0 bridgehead atoms. The fraction of sp³-hybridized carbons (Fsp3) is 0.474. The van der Waals surface area contributed by atoms with Crippen molar-refractivity contribution in [2.45, 2.75) is 51.8 Å². The van der Waals surface area contributed by atoms with Gasteiger partial charge in [-0.15, -0.1) is 0 Å². The smallest absolute Gasteiger partial charge is 0.410 e. The van der Waals surface area contributed by atoms with Crippen molar-refractivity contribution >= 4 is 6.09 Å². The second kappa shape index (κ2) is 6.52. The molecule has 1 aliphatic rings. The van der Waals surface area contributed by atoms with E-state index in [0.717, 1.165) is 23.5 Å². The fourth-order valence-corrected chi connectivity index (χ4v) is 3.20. The van der Waals surface area contributed by atoms with E-state index in [9.17, 15) is 4.79 Å². The molecular weight excluding hydrogens is 316 g/mol. The number of aromatic nitrogens is 2. The molecule has 2 aromatic rings. The highest BCUT2D eigenvalue weighted by atomic mass is 16.6. The highest BCUT2D eigenvalue weighted by molar-refractivity contribution is 5.69. The minimum atomic E-state index is -0.541. The van der Waals surface area contributed by atoms with Crippen LogP contribution in [0.3, 0.4) is 0 Å². The van der Waals surface area contributed by atoms with Crippen LogP contribution >= 0.6 is 0 Å². The standard InChI is InChI=1S/C19H26N4O2/c1-13-6-5-7-14(12-13)22-11-9-21-17(22)16-15(20)8-10-23(16)18(24)25-19(2,3)4/h5-7,9,11-12,15-16H,8,10,20H2,1-4H3. The number of ether oxygens (including phenoxy) is 1. The average Bonchev–Trinajstić information content (AvgIpc) is 3.11. The Labute approximate surface area is 148 Å². The van der Waals surface area contributed by atoms with Gasteiger partial charge in [-0.25, -0.2) is 9.78 Å². The van der Waals surface area contributed by atoms with Crippen molar-refractivity contribution in [2.75, 3.05) is 6.54 Å². The molecule has 0 spiro atoms. The SMILES string of the molecule is Cc1cccc(-n2ccnc2C2C(N)CCN2C(=O)OC(C)(C)C)c1. The third-order valence-corrected chi connectivity index (χ3v) is 4.29. The lowest BCUT2D eigenvalue weighted by atomic mass is 10.1. The molecule has 1 aliphatic heterocycles. The summed E-state index contributed by atoms with van der Waals surface area (Å²) in [5.41, 5.74) is 7.97. The van der Waals surface area contributed by atoms with Gasteiger partial charge in [-0.3, -0.25) is 4.90 Å². The summed E-state index contributed by atoms with van der Waals surface area (Å²) in [7, 11) is 0. The molecule has 1 saturated heterocycles. The molecule has 0 saturated carbocycles. The number of hydrogen-bond donors (Lipinski definition) is 1. The summed E-state index contributed by atoms with van der Waals surface area (Å²) in [4.78, 5) is 18.8. The molecule has 0 aliphatic carbocycles. The predicted octanol–water partition coefficient (Wildman–Crippen LogP) is 3.19. The van der Waals surface area contributed by atoms with E-state index < -0.39 is 5.60 Å². The number of rotatable bonds is 2. The van der Waals surface area contributed by atoms with Crippen molar-refractivity contribution in [1.29, 1.82) is 0 Å². The van der Waals surface area contributed by atoms with E-state index in [1.165, 1.54) is 0 Å². The normalized spacial score (nSPS) is 20.8. The van der Waals surface area contributed by atoms with Crippen molar-refractivity contribution in [2.24, 2.45) is 5.73 Å². The summed E-state index contributed by atoms with van der Waals surface area (Å²) in [6.45, 7) is 8.21. The van der Waals surface area contributed by atoms with Gasteiger partial charge in [-0.2, -0.15) is 0 Å². The van der Waals surface area contributed by atoms with Crippen LogP contribution in [-0.4, -0.2) is 38.7 Å². The van der Waals surface area contributed by atoms with Gasteiger partial charge in [-0.1, -0.05) is 12.1 Å². The molecule has 6 heteroatoms. The summed E-state index contributed by atoms with van der Waals surface area (Å²) in [6.07, 6.45) is 4.03. The maximum absolute atomic E-state index is 12.6. The van der Waals surface area contributed by atoms with Gasteiger partial charge in [0.05, 0.1) is 0 Å². The van der Waals surface area contributed by atoms with E-state index in [4.69, 9.17) is 10.5 Å². The minimum Gasteiger partial charge on any atom is -0.444 e. The van der Waals surface area contributed by atoms with E-state index >= 15 is 0 Å². The quantitative estimate of drug-likeness (QED) is 0.909. The molecule has 1 amide bonds. The molecule has 2 N–H and O–H groups in total. The Morgan fingerprint density at radius 2 is 2.12 bits per heavy atom. The van der Waals surface area contributed by atoms with Gasteiger partial charge in [0.15, 0.2) is 0 Å². The van der Waals surface area contributed by atoms with Gasteiger partial charge in [0.1, 0.15) is 17.5 Å². The highest BCUT2D eigenvalue weighted by Crippen LogP contribution is 2.33. The van der Waals surface area contributed by atoms with Crippen LogP contribution in [0.25, 0.3) is 5.69 Å². The molecule has 3 rings (SSSR count). The van der Waals surface area contributed by atoms with Crippen molar-refractivity contribution in [3.63, 3.8) is 0 Å². The predicted molar refractivity (Wildman–Crippen MR) is 96.6 cm³/mol. The van der Waals surface area contributed by atoms with E-state index in [-0.39, 0.29) is 18.2 Å². The maximum Gasteiger partial charge on any atom is 0.410 e. The second-order valence-corrected chi connectivity index (χ2v) is 7.57. The Morgan fingerprint density at radius 3 is 2.80 bits per heavy atom. The first-order valence-electron chi connectivity index (χ1n) is 8.62. The summed E-state index contributed by atoms with van der Waals surface area (Å²) in [5, 5.41) is 0. The first-order chi connectivity index (χ1) is 11.8. The number of nitrogens with zero attached hydrogens (tertiary/aromatic N) is 3. The molecule has 1 aromatic heterocycles. The zero-order valence-electron chi connectivity index (χ0n) is 15.3. The summed E-state index contributed by atoms with van der Waals surface area (Å²) >= 11 is 0. The summed E-state index contributed by atoms with van der Waals surface area (Å²) < 4.78 is 7.56. The van der Waals surface area contributed by atoms with Crippen LogP contribution in [0.1, 0.15) is 44.6 Å². The third-order valence-electron chi connectivity index (χ3n) is 4.29. The summed E-state index contributed by atoms with van der Waals surface area (Å²) in [5.74, 6) is 0.765.